The molecular formula is C6HF3N2O4. The molecule has 0 aliphatic rings. The molecule has 0 spiro atoms. The fraction of sp³-hybridized carbons (Fsp3) is 0. The molecule has 0 unspecified atom stereocenters. The molecule has 15 heavy (non-hydrogen) atoms. The fourth-order valence-corrected chi connectivity index (χ4v) is 0.905. The molecular weight excluding hydrogens is 221 g/mol. The first-order valence-electron chi connectivity index (χ1n) is 3.32. The molecule has 9 heteroatoms. The van der Waals surface area contributed by atoms with Crippen molar-refractivity contribution in [2.45, 2.75) is 0 Å². The number of benzene rings is 1. The van der Waals surface area contributed by atoms with E-state index in [1.165, 1.54) is 0 Å². The van der Waals surface area contributed by atoms with Crippen molar-refractivity contribution >= 4 is 11.4 Å². The molecule has 0 saturated carbocycles. The maximum atomic E-state index is 12.9. The third-order valence-electron chi connectivity index (χ3n) is 1.49. The second kappa shape index (κ2) is 3.52. The highest BCUT2D eigenvalue weighted by Crippen LogP contribution is 2.31. The molecule has 0 aromatic heterocycles. The quantitative estimate of drug-likeness (QED) is 0.564. The number of nitrogens with zero attached hydrogens (tertiary/aromatic N) is 2. The number of hydrogen-bond donors (Lipinski definition) is 0. The molecule has 0 bridgehead atoms. The van der Waals surface area contributed by atoms with Gasteiger partial charge in [-0.2, -0.15) is 13.2 Å². The standard InChI is InChI=1S/C6HF3N2O4/c7-2-1-3(8)6(11(14)15)4(9)5(2)10(12)13/h1H. The van der Waals surface area contributed by atoms with Crippen LogP contribution in [0.4, 0.5) is 24.5 Å². The van der Waals surface area contributed by atoms with Crippen molar-refractivity contribution in [2.24, 2.45) is 0 Å². The molecule has 6 nitrogen and oxygen atoms in total. The van der Waals surface area contributed by atoms with Gasteiger partial charge in [0.25, 0.3) is 5.82 Å². The van der Waals surface area contributed by atoms with Crippen molar-refractivity contribution in [3.63, 3.8) is 0 Å². The molecule has 80 valence electrons. The molecule has 1 rings (SSSR count). The lowest BCUT2D eigenvalue weighted by atomic mass is 10.2. The van der Waals surface area contributed by atoms with Crippen LogP contribution in [0.25, 0.3) is 0 Å². The van der Waals surface area contributed by atoms with E-state index in [4.69, 9.17) is 0 Å². The smallest absolute Gasteiger partial charge is 0.258 e. The summed E-state index contributed by atoms with van der Waals surface area (Å²) in [5.74, 6) is -5.75. The molecule has 1 aromatic rings. The largest absolute Gasteiger partial charge is 0.347 e. The monoisotopic (exact) mass is 222 g/mol. The van der Waals surface area contributed by atoms with E-state index in [2.05, 4.69) is 0 Å². The summed E-state index contributed by atoms with van der Waals surface area (Å²) in [5, 5.41) is 20.2. The predicted molar refractivity (Wildman–Crippen MR) is 39.6 cm³/mol. The Morgan fingerprint density at radius 3 is 1.53 bits per heavy atom. The molecule has 1 aromatic carbocycles. The first-order chi connectivity index (χ1) is 6.86. The minimum Gasteiger partial charge on any atom is -0.258 e. The normalized spacial score (nSPS) is 10.1. The Kier molecular flexibility index (Phi) is 2.55. The van der Waals surface area contributed by atoms with Crippen LogP contribution < -0.4 is 0 Å². The van der Waals surface area contributed by atoms with Gasteiger partial charge in [-0.1, -0.05) is 0 Å². The molecule has 0 aliphatic heterocycles. The Hall–Kier alpha value is -2.19. The summed E-state index contributed by atoms with van der Waals surface area (Å²) in [4.78, 5) is 17.2. The van der Waals surface area contributed by atoms with Crippen molar-refractivity contribution in [1.82, 2.24) is 0 Å². The van der Waals surface area contributed by atoms with E-state index in [-0.39, 0.29) is 6.07 Å². The van der Waals surface area contributed by atoms with Gasteiger partial charge in [0.2, 0.25) is 11.6 Å². The summed E-state index contributed by atoms with van der Waals surface area (Å²) >= 11 is 0. The lowest BCUT2D eigenvalue weighted by Crippen LogP contribution is -2.04. The first-order valence-corrected chi connectivity index (χ1v) is 3.32. The number of hydrogen-bond acceptors (Lipinski definition) is 4. The Morgan fingerprint density at radius 2 is 1.27 bits per heavy atom. The van der Waals surface area contributed by atoms with Gasteiger partial charge in [0, 0.05) is 6.07 Å². The maximum absolute atomic E-state index is 12.9. The minimum absolute atomic E-state index is 0.112. The molecule has 0 heterocycles. The average Bonchev–Trinajstić information content (AvgIpc) is 1.99. The van der Waals surface area contributed by atoms with Gasteiger partial charge in [-0.15, -0.1) is 0 Å². The van der Waals surface area contributed by atoms with Crippen molar-refractivity contribution in [3.8, 4) is 0 Å². The van der Waals surface area contributed by atoms with Gasteiger partial charge in [0.1, 0.15) is 0 Å². The first kappa shape index (κ1) is 10.9. The zero-order valence-corrected chi connectivity index (χ0v) is 6.74. The lowest BCUT2D eigenvalue weighted by Gasteiger charge is -1.98. The van der Waals surface area contributed by atoms with E-state index in [0.29, 0.717) is 0 Å². The van der Waals surface area contributed by atoms with E-state index < -0.39 is 38.7 Å². The summed E-state index contributed by atoms with van der Waals surface area (Å²) in [6.07, 6.45) is 0. The van der Waals surface area contributed by atoms with Gasteiger partial charge in [-0.3, -0.25) is 20.2 Å². The number of halogens is 3. The molecule has 0 N–H and O–H groups in total. The predicted octanol–water partition coefficient (Wildman–Crippen LogP) is 1.92. The second-order valence-corrected chi connectivity index (χ2v) is 2.37. The van der Waals surface area contributed by atoms with Crippen LogP contribution in [0.1, 0.15) is 0 Å². The lowest BCUT2D eigenvalue weighted by molar-refractivity contribution is -0.402. The number of rotatable bonds is 2. The van der Waals surface area contributed by atoms with E-state index >= 15 is 0 Å². The fourth-order valence-electron chi connectivity index (χ4n) is 0.905. The molecule has 0 amide bonds. The molecule has 0 atom stereocenters. The molecule has 0 fully saturated rings. The summed E-state index contributed by atoms with van der Waals surface area (Å²) < 4.78 is 38.3. The Bertz CT molecular complexity index is 424. The van der Waals surface area contributed by atoms with Crippen LogP contribution in [-0.4, -0.2) is 9.85 Å². The summed E-state index contributed by atoms with van der Waals surface area (Å²) in [6.45, 7) is 0. The highest BCUT2D eigenvalue weighted by molar-refractivity contribution is 5.47. The van der Waals surface area contributed by atoms with E-state index in [1.807, 2.05) is 0 Å². The van der Waals surface area contributed by atoms with Crippen LogP contribution in [0.3, 0.4) is 0 Å². The zero-order chi connectivity index (χ0) is 11.7. The van der Waals surface area contributed by atoms with Crippen LogP contribution in [0, 0.1) is 37.7 Å². The van der Waals surface area contributed by atoms with E-state index in [1.54, 1.807) is 0 Å². The summed E-state index contributed by atoms with van der Waals surface area (Å²) in [5.41, 5.74) is -3.49. The zero-order valence-electron chi connectivity index (χ0n) is 6.74. The molecule has 0 radical (unpaired) electrons. The van der Waals surface area contributed by atoms with Gasteiger partial charge in [-0.25, -0.2) is 0 Å². The minimum atomic E-state index is -2.14. The Labute approximate surface area is 79.2 Å². The van der Waals surface area contributed by atoms with Gasteiger partial charge in [0.15, 0.2) is 0 Å². The molecule has 0 aliphatic carbocycles. The topological polar surface area (TPSA) is 86.3 Å². The van der Waals surface area contributed by atoms with E-state index in [0.717, 1.165) is 0 Å². The van der Waals surface area contributed by atoms with Gasteiger partial charge in [0.05, 0.1) is 9.85 Å². The maximum Gasteiger partial charge on any atom is 0.347 e. The average molecular weight is 222 g/mol. The third-order valence-corrected chi connectivity index (χ3v) is 1.49. The van der Waals surface area contributed by atoms with Crippen molar-refractivity contribution in [2.75, 3.05) is 0 Å². The third kappa shape index (κ3) is 1.71. The number of nitro groups is 2. The van der Waals surface area contributed by atoms with E-state index in [9.17, 15) is 33.4 Å². The second-order valence-electron chi connectivity index (χ2n) is 2.37. The van der Waals surface area contributed by atoms with Gasteiger partial charge < -0.3 is 0 Å². The van der Waals surface area contributed by atoms with Crippen LogP contribution in [0.2, 0.25) is 0 Å². The van der Waals surface area contributed by atoms with Crippen LogP contribution in [-0.2, 0) is 0 Å². The van der Waals surface area contributed by atoms with Crippen LogP contribution in [0.5, 0.6) is 0 Å². The summed E-state index contributed by atoms with van der Waals surface area (Å²) in [6, 6.07) is -0.112. The van der Waals surface area contributed by atoms with Crippen molar-refractivity contribution < 1.29 is 23.0 Å². The van der Waals surface area contributed by atoms with Crippen LogP contribution in [0.15, 0.2) is 6.07 Å². The van der Waals surface area contributed by atoms with Gasteiger partial charge in [-0.05, 0) is 0 Å². The molecule has 0 saturated heterocycles. The van der Waals surface area contributed by atoms with Gasteiger partial charge >= 0.3 is 11.4 Å². The van der Waals surface area contributed by atoms with Crippen molar-refractivity contribution in [1.29, 1.82) is 0 Å². The van der Waals surface area contributed by atoms with Crippen molar-refractivity contribution in [3.05, 3.63) is 43.7 Å². The van der Waals surface area contributed by atoms with Crippen LogP contribution >= 0.6 is 0 Å². The Balaban J connectivity index is 3.64. The highest BCUT2D eigenvalue weighted by atomic mass is 19.1. The number of nitro benzene ring substituents is 2. The Morgan fingerprint density at radius 1 is 0.933 bits per heavy atom. The SMILES string of the molecule is O=[N+]([O-])c1c(F)cc(F)c([N+](=O)[O-])c1F. The highest BCUT2D eigenvalue weighted by Gasteiger charge is 2.34. The summed E-state index contributed by atoms with van der Waals surface area (Å²) in [7, 11) is 0.